The number of fused-ring (bicyclic) bond motifs is 1. The summed E-state index contributed by atoms with van der Waals surface area (Å²) in [4.78, 5) is 26.6. The maximum absolute atomic E-state index is 12.9. The Morgan fingerprint density at radius 1 is 1.06 bits per heavy atom. The quantitative estimate of drug-likeness (QED) is 0.523. The van der Waals surface area contributed by atoms with Crippen molar-refractivity contribution in [3.8, 4) is 0 Å². The summed E-state index contributed by atoms with van der Waals surface area (Å²) >= 11 is 1.42. The van der Waals surface area contributed by atoms with Crippen molar-refractivity contribution in [2.75, 3.05) is 38.7 Å². The fourth-order valence-electron chi connectivity index (χ4n) is 4.04. The fraction of sp³-hybridized carbons (Fsp3) is 0.455. The van der Waals surface area contributed by atoms with Gasteiger partial charge in [0.25, 0.3) is 5.91 Å². The molecule has 0 radical (unpaired) electrons. The number of sulfonamides is 1. The fourth-order valence-corrected chi connectivity index (χ4v) is 6.72. The number of hydrogen-bond acceptors (Lipinski definition) is 7. The van der Waals surface area contributed by atoms with Crippen LogP contribution < -0.4 is 5.32 Å². The van der Waals surface area contributed by atoms with Gasteiger partial charge >= 0.3 is 5.97 Å². The van der Waals surface area contributed by atoms with Crippen molar-refractivity contribution in [1.82, 2.24) is 4.31 Å². The molecule has 0 bridgehead atoms. The summed E-state index contributed by atoms with van der Waals surface area (Å²) in [7, 11) is -2.29. The number of carbonyl (C=O) groups is 2. The normalized spacial score (nSPS) is 17.3. The van der Waals surface area contributed by atoms with E-state index in [2.05, 4.69) is 5.32 Å². The zero-order valence-corrected chi connectivity index (χ0v) is 19.5. The number of morpholine rings is 1. The third-order valence-corrected chi connectivity index (χ3v) is 8.88. The Morgan fingerprint density at radius 3 is 2.44 bits per heavy atom. The van der Waals surface area contributed by atoms with Gasteiger partial charge in [-0.2, -0.15) is 4.31 Å². The molecule has 0 unspecified atom stereocenters. The Labute approximate surface area is 191 Å². The molecule has 2 aromatic rings. The molecule has 0 atom stereocenters. The maximum Gasteiger partial charge on any atom is 0.341 e. The highest BCUT2D eigenvalue weighted by Gasteiger charge is 2.28. The third kappa shape index (κ3) is 4.59. The van der Waals surface area contributed by atoms with Crippen LogP contribution in [-0.2, 0) is 32.3 Å². The van der Waals surface area contributed by atoms with E-state index >= 15 is 0 Å². The number of anilines is 1. The van der Waals surface area contributed by atoms with Crippen LogP contribution in [0.15, 0.2) is 29.2 Å². The highest BCUT2D eigenvalue weighted by molar-refractivity contribution is 7.89. The van der Waals surface area contributed by atoms with E-state index < -0.39 is 21.9 Å². The first-order valence-electron chi connectivity index (χ1n) is 10.6. The van der Waals surface area contributed by atoms with Crippen LogP contribution in [-0.4, -0.2) is 58.0 Å². The zero-order valence-electron chi connectivity index (χ0n) is 17.9. The van der Waals surface area contributed by atoms with Crippen molar-refractivity contribution in [3.63, 3.8) is 0 Å². The molecule has 1 saturated heterocycles. The molecule has 1 amide bonds. The van der Waals surface area contributed by atoms with Gasteiger partial charge in [0.05, 0.1) is 30.8 Å². The minimum absolute atomic E-state index is 0.133. The van der Waals surface area contributed by atoms with Crippen molar-refractivity contribution in [3.05, 3.63) is 45.8 Å². The topological polar surface area (TPSA) is 102 Å². The number of rotatable bonds is 5. The molecule has 1 aromatic heterocycles. The summed E-state index contributed by atoms with van der Waals surface area (Å²) in [6, 6.07) is 5.84. The number of nitrogens with zero attached hydrogens (tertiary/aromatic N) is 1. The first-order valence-corrected chi connectivity index (χ1v) is 12.9. The van der Waals surface area contributed by atoms with Crippen molar-refractivity contribution in [2.24, 2.45) is 0 Å². The second-order valence-electron chi connectivity index (χ2n) is 7.76. The zero-order chi connectivity index (χ0) is 22.7. The van der Waals surface area contributed by atoms with Gasteiger partial charge in [0.15, 0.2) is 0 Å². The summed E-state index contributed by atoms with van der Waals surface area (Å²) in [5.41, 5.74) is 1.72. The molecule has 172 valence electrons. The molecule has 1 N–H and O–H groups in total. The Hall–Kier alpha value is -2.27. The summed E-state index contributed by atoms with van der Waals surface area (Å²) in [6.45, 7) is 1.36. The van der Waals surface area contributed by atoms with Gasteiger partial charge in [-0.1, -0.05) is 6.42 Å². The summed E-state index contributed by atoms with van der Waals surface area (Å²) in [5.74, 6) is -0.853. The van der Waals surface area contributed by atoms with Crippen LogP contribution in [0.4, 0.5) is 5.00 Å². The van der Waals surface area contributed by atoms with E-state index in [1.807, 2.05) is 0 Å². The number of benzene rings is 1. The van der Waals surface area contributed by atoms with E-state index in [-0.39, 0.29) is 4.90 Å². The van der Waals surface area contributed by atoms with Gasteiger partial charge in [-0.3, -0.25) is 4.79 Å². The van der Waals surface area contributed by atoms with Crippen molar-refractivity contribution in [1.29, 1.82) is 0 Å². The number of ether oxygens (including phenoxy) is 2. The number of amides is 1. The van der Waals surface area contributed by atoms with Gasteiger partial charge in [-0.15, -0.1) is 11.3 Å². The molecule has 8 nitrogen and oxygen atoms in total. The monoisotopic (exact) mass is 478 g/mol. The van der Waals surface area contributed by atoms with Gasteiger partial charge in [-0.25, -0.2) is 13.2 Å². The van der Waals surface area contributed by atoms with Gasteiger partial charge in [-0.05, 0) is 55.5 Å². The molecular weight excluding hydrogens is 452 g/mol. The highest BCUT2D eigenvalue weighted by atomic mass is 32.2. The molecule has 0 spiro atoms. The van der Waals surface area contributed by atoms with Crippen molar-refractivity contribution >= 4 is 38.2 Å². The molecule has 1 fully saturated rings. The summed E-state index contributed by atoms with van der Waals surface area (Å²) in [6.07, 6.45) is 4.85. The highest BCUT2D eigenvalue weighted by Crippen LogP contribution is 2.38. The number of methoxy groups -OCH3 is 1. The molecule has 4 rings (SSSR count). The van der Waals surface area contributed by atoms with E-state index in [0.717, 1.165) is 42.5 Å². The summed E-state index contributed by atoms with van der Waals surface area (Å²) < 4.78 is 37.1. The molecule has 10 heteroatoms. The first kappa shape index (κ1) is 22.9. The second kappa shape index (κ2) is 9.70. The minimum Gasteiger partial charge on any atom is -0.465 e. The van der Waals surface area contributed by atoms with E-state index in [0.29, 0.717) is 42.4 Å². The maximum atomic E-state index is 12.9. The molecule has 0 saturated carbocycles. The van der Waals surface area contributed by atoms with Gasteiger partial charge < -0.3 is 14.8 Å². The number of thiophene rings is 1. The van der Waals surface area contributed by atoms with E-state index in [1.165, 1.54) is 47.0 Å². The number of hydrogen-bond donors (Lipinski definition) is 1. The van der Waals surface area contributed by atoms with E-state index in [9.17, 15) is 18.0 Å². The molecule has 2 heterocycles. The Kier molecular flexibility index (Phi) is 6.94. The Balaban J connectivity index is 1.55. The van der Waals surface area contributed by atoms with Crippen LogP contribution in [0.2, 0.25) is 0 Å². The van der Waals surface area contributed by atoms with Crippen LogP contribution in [0.25, 0.3) is 0 Å². The molecule has 1 aromatic carbocycles. The van der Waals surface area contributed by atoms with Gasteiger partial charge in [0.1, 0.15) is 5.00 Å². The predicted molar refractivity (Wildman–Crippen MR) is 121 cm³/mol. The molecular formula is C22H26N2O6S2. The SMILES string of the molecule is COC(=O)c1c(NC(=O)c2ccc(S(=O)(=O)N3CCOCC3)cc2)sc2c1CCCCC2. The number of carbonyl (C=O) groups excluding carboxylic acids is 2. The van der Waals surface area contributed by atoms with Crippen LogP contribution in [0.3, 0.4) is 0 Å². The number of nitrogens with one attached hydrogen (secondary N) is 1. The molecule has 1 aliphatic carbocycles. The number of esters is 1. The lowest BCUT2D eigenvalue weighted by Crippen LogP contribution is -2.40. The predicted octanol–water partition coefficient (Wildman–Crippen LogP) is 3.08. The average Bonchev–Trinajstić information content (AvgIpc) is 2.99. The Morgan fingerprint density at radius 2 is 1.75 bits per heavy atom. The van der Waals surface area contributed by atoms with Crippen LogP contribution >= 0.6 is 11.3 Å². The van der Waals surface area contributed by atoms with Crippen molar-refractivity contribution in [2.45, 2.75) is 37.0 Å². The van der Waals surface area contributed by atoms with E-state index in [4.69, 9.17) is 9.47 Å². The first-order chi connectivity index (χ1) is 15.4. The third-order valence-electron chi connectivity index (χ3n) is 5.76. The van der Waals surface area contributed by atoms with Crippen molar-refractivity contribution < 1.29 is 27.5 Å². The van der Waals surface area contributed by atoms with E-state index in [1.54, 1.807) is 0 Å². The number of aryl methyl sites for hydroxylation is 1. The van der Waals surface area contributed by atoms with Crippen LogP contribution in [0, 0.1) is 0 Å². The smallest absolute Gasteiger partial charge is 0.341 e. The van der Waals surface area contributed by atoms with Crippen LogP contribution in [0.1, 0.15) is 50.4 Å². The Bertz CT molecular complexity index is 1100. The minimum atomic E-state index is -3.63. The second-order valence-corrected chi connectivity index (χ2v) is 10.8. The van der Waals surface area contributed by atoms with Gasteiger partial charge in [0.2, 0.25) is 10.0 Å². The van der Waals surface area contributed by atoms with Gasteiger partial charge in [0, 0.05) is 23.5 Å². The molecule has 2 aliphatic rings. The molecule has 32 heavy (non-hydrogen) atoms. The average molecular weight is 479 g/mol. The standard InChI is InChI=1S/C22H26N2O6S2/c1-29-22(26)19-17-5-3-2-4-6-18(17)31-21(19)23-20(25)15-7-9-16(10-8-15)32(27,28)24-11-13-30-14-12-24/h7-10H,2-6,11-14H2,1H3,(H,23,25). The van der Waals surface area contributed by atoms with Crippen LogP contribution in [0.5, 0.6) is 0 Å². The lowest BCUT2D eigenvalue weighted by atomic mass is 10.1. The molecule has 1 aliphatic heterocycles. The lowest BCUT2D eigenvalue weighted by molar-refractivity contribution is 0.0601. The largest absolute Gasteiger partial charge is 0.465 e. The lowest BCUT2D eigenvalue weighted by Gasteiger charge is -2.26. The summed E-state index contributed by atoms with van der Waals surface area (Å²) in [5, 5.41) is 3.33.